The summed E-state index contributed by atoms with van der Waals surface area (Å²) in [5.41, 5.74) is 2.68. The van der Waals surface area contributed by atoms with Crippen molar-refractivity contribution >= 4 is 39.2 Å². The van der Waals surface area contributed by atoms with E-state index >= 15 is 0 Å². The number of aliphatic hydroxyl groups is 1. The number of thiophene rings is 1. The monoisotopic (exact) mass is 363 g/mol. The second kappa shape index (κ2) is 7.37. The molecule has 2 N–H and O–H groups in total. The fourth-order valence-corrected chi connectivity index (χ4v) is 3.92. The van der Waals surface area contributed by atoms with Crippen molar-refractivity contribution in [2.24, 2.45) is 0 Å². The third kappa shape index (κ3) is 3.45. The van der Waals surface area contributed by atoms with Crippen LogP contribution in [0.4, 0.5) is 10.5 Å². The number of carbonyl (C=O) groups excluding carboxylic acids is 2. The number of esters is 1. The number of urea groups is 1. The normalized spacial score (nSPS) is 12.9. The summed E-state index contributed by atoms with van der Waals surface area (Å²) < 4.78 is 5.13. The lowest BCUT2D eigenvalue weighted by molar-refractivity contribution is 0.0533. The Morgan fingerprint density at radius 2 is 2.24 bits per heavy atom. The number of aliphatic hydroxyl groups excluding tert-OH is 1. The number of amides is 2. The summed E-state index contributed by atoms with van der Waals surface area (Å²) in [6, 6.07) is 1.63. The quantitative estimate of drug-likeness (QED) is 0.796. The Labute approximate surface area is 149 Å². The number of aryl methyl sites for hydroxylation is 2. The van der Waals surface area contributed by atoms with Gasteiger partial charge in [-0.2, -0.15) is 0 Å². The molecule has 25 heavy (non-hydrogen) atoms. The fraction of sp³-hybridized carbons (Fsp3) is 0.471. The lowest BCUT2D eigenvalue weighted by Gasteiger charge is -2.17. The molecule has 0 bridgehead atoms. The molecule has 0 aliphatic heterocycles. The van der Waals surface area contributed by atoms with Crippen molar-refractivity contribution in [2.75, 3.05) is 32.1 Å². The van der Waals surface area contributed by atoms with Crippen LogP contribution < -0.4 is 5.32 Å². The summed E-state index contributed by atoms with van der Waals surface area (Å²) in [5, 5.41) is 12.6. The molecule has 0 atom stereocenters. The van der Waals surface area contributed by atoms with Crippen molar-refractivity contribution < 1.29 is 19.4 Å². The van der Waals surface area contributed by atoms with E-state index in [0.29, 0.717) is 10.6 Å². The molecule has 2 heterocycles. The van der Waals surface area contributed by atoms with Gasteiger partial charge in [-0.05, 0) is 37.8 Å². The van der Waals surface area contributed by atoms with E-state index in [9.17, 15) is 9.59 Å². The molecule has 134 valence electrons. The number of ether oxygens (including phenoxy) is 1. The number of hydrogen-bond acceptors (Lipinski definition) is 6. The van der Waals surface area contributed by atoms with E-state index in [1.807, 2.05) is 6.07 Å². The predicted octanol–water partition coefficient (Wildman–Crippen LogP) is 2.42. The van der Waals surface area contributed by atoms with Gasteiger partial charge in [-0.1, -0.05) is 0 Å². The minimum atomic E-state index is -0.467. The van der Waals surface area contributed by atoms with Crippen LogP contribution in [0.15, 0.2) is 6.07 Å². The van der Waals surface area contributed by atoms with Crippen molar-refractivity contribution in [3.05, 3.63) is 22.2 Å². The Kier molecular flexibility index (Phi) is 5.19. The van der Waals surface area contributed by atoms with Gasteiger partial charge in [0.2, 0.25) is 0 Å². The van der Waals surface area contributed by atoms with E-state index in [0.717, 1.165) is 35.2 Å². The van der Waals surface area contributed by atoms with E-state index in [1.165, 1.54) is 21.8 Å². The highest BCUT2D eigenvalue weighted by Gasteiger charge is 2.25. The Morgan fingerprint density at radius 3 is 2.96 bits per heavy atom. The molecule has 8 heteroatoms. The molecule has 7 nitrogen and oxygen atoms in total. The zero-order chi connectivity index (χ0) is 18.0. The van der Waals surface area contributed by atoms with Crippen LogP contribution in [-0.2, 0) is 17.6 Å². The highest BCUT2D eigenvalue weighted by Crippen LogP contribution is 2.38. The number of aromatic nitrogens is 1. The lowest BCUT2D eigenvalue weighted by Crippen LogP contribution is -2.33. The summed E-state index contributed by atoms with van der Waals surface area (Å²) >= 11 is 1.24. The number of carbonyl (C=O) groups is 2. The van der Waals surface area contributed by atoms with Crippen molar-refractivity contribution in [3.8, 4) is 0 Å². The minimum absolute atomic E-state index is 0.131. The summed E-state index contributed by atoms with van der Waals surface area (Å²) in [4.78, 5) is 31.8. The molecule has 3 rings (SSSR count). The third-order valence-electron chi connectivity index (χ3n) is 4.19. The molecule has 2 amide bonds. The number of fused-ring (bicyclic) bond motifs is 2. The van der Waals surface area contributed by atoms with Gasteiger partial charge in [-0.15, -0.1) is 11.3 Å². The van der Waals surface area contributed by atoms with Gasteiger partial charge in [-0.3, -0.25) is 0 Å². The number of rotatable bonds is 5. The van der Waals surface area contributed by atoms with E-state index in [-0.39, 0.29) is 25.8 Å². The summed E-state index contributed by atoms with van der Waals surface area (Å²) in [6.45, 7) is 2.07. The standard InChI is InChI=1S/C17H21N3O4S/c1-3-24-16(22)14-13(19-17(23)20(2)7-8-21)11-9-10-5-4-6-12(10)18-15(11)25-14/h9,21H,3-8H2,1-2H3,(H,19,23). The molecule has 0 radical (unpaired) electrons. The Morgan fingerprint density at radius 1 is 1.44 bits per heavy atom. The van der Waals surface area contributed by atoms with Crippen molar-refractivity contribution in [3.63, 3.8) is 0 Å². The number of nitrogens with zero attached hydrogens (tertiary/aromatic N) is 2. The molecule has 0 aromatic carbocycles. The topological polar surface area (TPSA) is 91.8 Å². The van der Waals surface area contributed by atoms with E-state index in [4.69, 9.17) is 9.84 Å². The average Bonchev–Trinajstić information content (AvgIpc) is 3.17. The number of anilines is 1. The molecular formula is C17H21N3O4S. The molecule has 2 aromatic heterocycles. The molecule has 0 fully saturated rings. The molecule has 2 aromatic rings. The molecule has 0 spiro atoms. The van der Waals surface area contributed by atoms with E-state index in [1.54, 1.807) is 14.0 Å². The number of hydrogen-bond donors (Lipinski definition) is 2. The van der Waals surface area contributed by atoms with E-state index in [2.05, 4.69) is 10.3 Å². The average molecular weight is 363 g/mol. The molecule has 1 aliphatic carbocycles. The van der Waals surface area contributed by atoms with Crippen LogP contribution in [0.25, 0.3) is 10.2 Å². The molecular weight excluding hydrogens is 342 g/mol. The van der Waals surface area contributed by atoms with Gasteiger partial charge >= 0.3 is 12.0 Å². The van der Waals surface area contributed by atoms with Gasteiger partial charge in [0.15, 0.2) is 0 Å². The van der Waals surface area contributed by atoms with Gasteiger partial charge in [0, 0.05) is 24.7 Å². The van der Waals surface area contributed by atoms with Gasteiger partial charge in [0.25, 0.3) is 0 Å². The second-order valence-electron chi connectivity index (χ2n) is 5.90. The van der Waals surface area contributed by atoms with Gasteiger partial charge < -0.3 is 20.1 Å². The lowest BCUT2D eigenvalue weighted by atomic mass is 10.1. The Bertz CT molecular complexity index is 818. The van der Waals surface area contributed by atoms with Crippen LogP contribution in [0.2, 0.25) is 0 Å². The van der Waals surface area contributed by atoms with Gasteiger partial charge in [0.1, 0.15) is 9.71 Å². The number of nitrogens with one attached hydrogen (secondary N) is 1. The first-order valence-electron chi connectivity index (χ1n) is 8.30. The first-order valence-corrected chi connectivity index (χ1v) is 9.12. The van der Waals surface area contributed by atoms with Crippen LogP contribution in [0, 0.1) is 0 Å². The highest BCUT2D eigenvalue weighted by molar-refractivity contribution is 7.21. The number of pyridine rings is 1. The minimum Gasteiger partial charge on any atom is -0.462 e. The van der Waals surface area contributed by atoms with Crippen LogP contribution in [0.1, 0.15) is 34.3 Å². The van der Waals surface area contributed by atoms with Crippen molar-refractivity contribution in [1.82, 2.24) is 9.88 Å². The molecule has 0 saturated heterocycles. The summed E-state index contributed by atoms with van der Waals surface area (Å²) in [7, 11) is 1.58. The summed E-state index contributed by atoms with van der Waals surface area (Å²) in [5.74, 6) is -0.467. The zero-order valence-electron chi connectivity index (χ0n) is 14.3. The highest BCUT2D eigenvalue weighted by atomic mass is 32.1. The van der Waals surface area contributed by atoms with Crippen molar-refractivity contribution in [1.29, 1.82) is 0 Å². The fourth-order valence-electron chi connectivity index (χ4n) is 2.90. The van der Waals surface area contributed by atoms with Gasteiger partial charge in [0.05, 0.1) is 18.9 Å². The van der Waals surface area contributed by atoms with Crippen LogP contribution in [0.5, 0.6) is 0 Å². The molecule has 0 saturated carbocycles. The summed E-state index contributed by atoms with van der Waals surface area (Å²) in [6.07, 6.45) is 2.98. The van der Waals surface area contributed by atoms with Crippen LogP contribution in [0.3, 0.4) is 0 Å². The largest absolute Gasteiger partial charge is 0.462 e. The first-order chi connectivity index (χ1) is 12.0. The van der Waals surface area contributed by atoms with Gasteiger partial charge in [-0.25, -0.2) is 14.6 Å². The van der Waals surface area contributed by atoms with Crippen molar-refractivity contribution in [2.45, 2.75) is 26.2 Å². The first kappa shape index (κ1) is 17.6. The smallest absolute Gasteiger partial charge is 0.350 e. The maximum absolute atomic E-state index is 12.3. The molecule has 0 unspecified atom stereocenters. The Hall–Kier alpha value is -2.19. The van der Waals surface area contributed by atoms with Crippen LogP contribution in [-0.4, -0.2) is 53.8 Å². The van der Waals surface area contributed by atoms with Crippen LogP contribution >= 0.6 is 11.3 Å². The third-order valence-corrected chi connectivity index (χ3v) is 5.27. The zero-order valence-corrected chi connectivity index (χ0v) is 15.1. The number of likely N-dealkylation sites (N-methyl/N-ethyl adjacent to an activating group) is 1. The molecule has 1 aliphatic rings. The SMILES string of the molecule is CCOC(=O)c1sc2nc3c(cc2c1NC(=O)N(C)CCO)CCC3. The predicted molar refractivity (Wildman–Crippen MR) is 96.3 cm³/mol. The second-order valence-corrected chi connectivity index (χ2v) is 6.90. The maximum Gasteiger partial charge on any atom is 0.350 e. The van der Waals surface area contributed by atoms with E-state index < -0.39 is 5.97 Å². The maximum atomic E-state index is 12.3. The Balaban J connectivity index is 2.04.